The highest BCUT2D eigenvalue weighted by Crippen LogP contribution is 2.23. The molecule has 9 nitrogen and oxygen atoms in total. The zero-order valence-electron chi connectivity index (χ0n) is 20.0. The lowest BCUT2D eigenvalue weighted by molar-refractivity contribution is -0.159. The first-order valence-electron chi connectivity index (χ1n) is 11.8. The van der Waals surface area contributed by atoms with E-state index in [4.69, 9.17) is 24.5 Å². The van der Waals surface area contributed by atoms with Crippen LogP contribution in [0.25, 0.3) is 0 Å². The molecule has 0 spiro atoms. The Balaban J connectivity index is 0.000000509. The van der Waals surface area contributed by atoms with Crippen molar-refractivity contribution in [3.63, 3.8) is 0 Å². The second-order valence-electron chi connectivity index (χ2n) is 8.63. The van der Waals surface area contributed by atoms with Crippen molar-refractivity contribution in [1.82, 2.24) is 14.7 Å². The third-order valence-corrected chi connectivity index (χ3v) is 6.44. The van der Waals surface area contributed by atoms with E-state index in [9.17, 15) is 4.79 Å². The summed E-state index contributed by atoms with van der Waals surface area (Å²) >= 11 is 0. The largest absolute Gasteiger partial charge is 0.496 e. The summed E-state index contributed by atoms with van der Waals surface area (Å²) in [6.45, 7) is 6.87. The number of ether oxygens (including phenoxy) is 1. The first-order valence-corrected chi connectivity index (χ1v) is 11.8. The van der Waals surface area contributed by atoms with Crippen LogP contribution in [0.15, 0.2) is 54.6 Å². The number of carbonyl (C=O) groups excluding carboxylic acids is 1. The van der Waals surface area contributed by atoms with Crippen molar-refractivity contribution < 1.29 is 29.3 Å². The number of benzene rings is 2. The Morgan fingerprint density at radius 2 is 1.40 bits per heavy atom. The van der Waals surface area contributed by atoms with Gasteiger partial charge in [-0.15, -0.1) is 0 Å². The molecular formula is C26H33N3O6. The summed E-state index contributed by atoms with van der Waals surface area (Å²) in [5.41, 5.74) is 2.06. The van der Waals surface area contributed by atoms with Gasteiger partial charge in [0, 0.05) is 38.8 Å². The van der Waals surface area contributed by atoms with Gasteiger partial charge in [-0.1, -0.05) is 42.5 Å². The Kier molecular flexibility index (Phi) is 9.63. The predicted octanol–water partition coefficient (Wildman–Crippen LogP) is 2.27. The number of methoxy groups -OCH3 is 1. The van der Waals surface area contributed by atoms with E-state index in [0.29, 0.717) is 17.4 Å². The van der Waals surface area contributed by atoms with Crippen molar-refractivity contribution in [2.75, 3.05) is 46.4 Å². The molecule has 2 aromatic rings. The maximum absolute atomic E-state index is 12.9. The molecule has 0 aliphatic carbocycles. The highest BCUT2D eigenvalue weighted by molar-refractivity contribution is 6.27. The number of carboxylic acid groups (broad SMARTS) is 2. The summed E-state index contributed by atoms with van der Waals surface area (Å²) in [7, 11) is 1.62. The number of aliphatic carboxylic acids is 2. The van der Waals surface area contributed by atoms with Gasteiger partial charge >= 0.3 is 11.9 Å². The second-order valence-corrected chi connectivity index (χ2v) is 8.63. The van der Waals surface area contributed by atoms with Crippen molar-refractivity contribution in [2.45, 2.75) is 25.4 Å². The number of nitrogens with zero attached hydrogens (tertiary/aromatic N) is 3. The van der Waals surface area contributed by atoms with Crippen molar-refractivity contribution in [3.8, 4) is 5.75 Å². The Hall–Kier alpha value is -3.43. The Morgan fingerprint density at radius 1 is 0.829 bits per heavy atom. The Bertz CT molecular complexity index is 972. The number of likely N-dealkylation sites (tertiary alicyclic amines) is 1. The number of hydrogen-bond acceptors (Lipinski definition) is 6. The number of rotatable bonds is 5. The van der Waals surface area contributed by atoms with Gasteiger partial charge in [0.1, 0.15) is 5.75 Å². The molecule has 2 heterocycles. The SMILES string of the molecule is COc1ccccc1C(=O)N1CCN(C2CCN(Cc3ccccc3)CC2)CC1.O=C(O)C(=O)O. The van der Waals surface area contributed by atoms with Crippen LogP contribution in [-0.4, -0.2) is 95.2 Å². The number of amides is 1. The van der Waals surface area contributed by atoms with E-state index >= 15 is 0 Å². The van der Waals surface area contributed by atoms with Crippen LogP contribution in [0.2, 0.25) is 0 Å². The topological polar surface area (TPSA) is 111 Å². The van der Waals surface area contributed by atoms with E-state index in [2.05, 4.69) is 40.1 Å². The van der Waals surface area contributed by atoms with Crippen molar-refractivity contribution in [3.05, 3.63) is 65.7 Å². The maximum atomic E-state index is 12.9. The number of carboxylic acids is 2. The fraction of sp³-hybridized carbons (Fsp3) is 0.423. The van der Waals surface area contributed by atoms with E-state index in [1.165, 1.54) is 18.4 Å². The molecule has 0 radical (unpaired) electrons. The van der Waals surface area contributed by atoms with Gasteiger partial charge in [0.25, 0.3) is 5.91 Å². The fourth-order valence-electron chi connectivity index (χ4n) is 4.57. The molecule has 0 saturated carbocycles. The highest BCUT2D eigenvalue weighted by Gasteiger charge is 2.29. The first-order chi connectivity index (χ1) is 16.9. The number of hydrogen-bond donors (Lipinski definition) is 2. The van der Waals surface area contributed by atoms with Gasteiger partial charge in [0.15, 0.2) is 0 Å². The Morgan fingerprint density at radius 3 is 1.97 bits per heavy atom. The van der Waals surface area contributed by atoms with Gasteiger partial charge in [0.2, 0.25) is 0 Å². The third-order valence-electron chi connectivity index (χ3n) is 6.44. The van der Waals surface area contributed by atoms with Crippen molar-refractivity contribution in [1.29, 1.82) is 0 Å². The lowest BCUT2D eigenvalue weighted by Gasteiger charge is -2.42. The maximum Gasteiger partial charge on any atom is 0.414 e. The molecule has 35 heavy (non-hydrogen) atoms. The number of para-hydroxylation sites is 1. The van der Waals surface area contributed by atoms with Crippen LogP contribution in [0.4, 0.5) is 0 Å². The average molecular weight is 484 g/mol. The van der Waals surface area contributed by atoms with Gasteiger partial charge in [-0.3, -0.25) is 14.6 Å². The van der Waals surface area contributed by atoms with Gasteiger partial charge in [0.05, 0.1) is 12.7 Å². The normalized spacial score (nSPS) is 17.2. The molecule has 0 atom stereocenters. The second kappa shape index (κ2) is 12.9. The van der Waals surface area contributed by atoms with Crippen LogP contribution in [-0.2, 0) is 16.1 Å². The first kappa shape index (κ1) is 26.2. The molecule has 9 heteroatoms. The van der Waals surface area contributed by atoms with E-state index in [0.717, 1.165) is 45.8 Å². The highest BCUT2D eigenvalue weighted by atomic mass is 16.5. The fourth-order valence-corrected chi connectivity index (χ4v) is 4.57. The molecule has 0 bridgehead atoms. The molecule has 2 aromatic carbocycles. The molecule has 1 amide bonds. The van der Waals surface area contributed by atoms with Crippen LogP contribution < -0.4 is 4.74 Å². The van der Waals surface area contributed by atoms with Crippen LogP contribution in [0.1, 0.15) is 28.8 Å². The zero-order valence-corrected chi connectivity index (χ0v) is 20.0. The molecule has 188 valence electrons. The smallest absolute Gasteiger partial charge is 0.414 e. The molecule has 2 aliphatic rings. The van der Waals surface area contributed by atoms with Crippen molar-refractivity contribution >= 4 is 17.8 Å². The molecule has 0 unspecified atom stereocenters. The number of piperazine rings is 1. The van der Waals surface area contributed by atoms with Crippen LogP contribution in [0, 0.1) is 0 Å². The summed E-state index contributed by atoms with van der Waals surface area (Å²) in [4.78, 5) is 38.2. The molecule has 2 fully saturated rings. The molecular weight excluding hydrogens is 450 g/mol. The standard InChI is InChI=1S/C24H31N3O2.C2H2O4/c1-29-23-10-6-5-9-22(23)24(28)27-17-15-26(16-18-27)21-11-13-25(14-12-21)19-20-7-3-2-4-8-20;3-1(4)2(5)6/h2-10,21H,11-19H2,1H3;(H,3,4)(H,5,6). The lowest BCUT2D eigenvalue weighted by Crippen LogP contribution is -2.54. The lowest BCUT2D eigenvalue weighted by atomic mass is 10.0. The minimum absolute atomic E-state index is 0.0831. The number of piperidine rings is 1. The molecule has 0 aromatic heterocycles. The van der Waals surface area contributed by atoms with Crippen LogP contribution in [0.3, 0.4) is 0 Å². The summed E-state index contributed by atoms with van der Waals surface area (Å²) in [5.74, 6) is -2.91. The molecule has 2 N–H and O–H groups in total. The predicted molar refractivity (Wildman–Crippen MR) is 130 cm³/mol. The van der Waals surface area contributed by atoms with Crippen LogP contribution in [0.5, 0.6) is 5.75 Å². The Labute approximate surface area is 205 Å². The monoisotopic (exact) mass is 483 g/mol. The average Bonchev–Trinajstić information content (AvgIpc) is 2.90. The quantitative estimate of drug-likeness (QED) is 0.624. The van der Waals surface area contributed by atoms with E-state index < -0.39 is 11.9 Å². The van der Waals surface area contributed by atoms with E-state index in [1.807, 2.05) is 29.2 Å². The minimum atomic E-state index is -1.82. The summed E-state index contributed by atoms with van der Waals surface area (Å²) in [6, 6.07) is 18.9. The summed E-state index contributed by atoms with van der Waals surface area (Å²) in [6.07, 6.45) is 2.43. The third kappa shape index (κ3) is 7.53. The molecule has 2 aliphatic heterocycles. The molecule has 4 rings (SSSR count). The van der Waals surface area contributed by atoms with Gasteiger partial charge < -0.3 is 19.8 Å². The van der Waals surface area contributed by atoms with Gasteiger partial charge in [-0.2, -0.15) is 0 Å². The minimum Gasteiger partial charge on any atom is -0.496 e. The van der Waals surface area contributed by atoms with Gasteiger partial charge in [-0.25, -0.2) is 9.59 Å². The summed E-state index contributed by atoms with van der Waals surface area (Å²) in [5, 5.41) is 14.8. The van der Waals surface area contributed by atoms with E-state index in [1.54, 1.807) is 7.11 Å². The number of carbonyl (C=O) groups is 3. The molecule has 2 saturated heterocycles. The van der Waals surface area contributed by atoms with Gasteiger partial charge in [-0.05, 0) is 43.6 Å². The van der Waals surface area contributed by atoms with Crippen molar-refractivity contribution in [2.24, 2.45) is 0 Å². The zero-order chi connectivity index (χ0) is 25.2. The van der Waals surface area contributed by atoms with Crippen LogP contribution >= 0.6 is 0 Å². The summed E-state index contributed by atoms with van der Waals surface area (Å²) < 4.78 is 5.36. The van der Waals surface area contributed by atoms with E-state index in [-0.39, 0.29) is 5.91 Å².